The molecule has 1 aliphatic heterocycles. The second-order valence-corrected chi connectivity index (χ2v) is 6.75. The van der Waals surface area contributed by atoms with Gasteiger partial charge in [0.05, 0.1) is 0 Å². The number of ether oxygens (including phenoxy) is 1. The number of pyridine rings is 1. The highest BCUT2D eigenvalue weighted by Gasteiger charge is 2.28. The fourth-order valence-corrected chi connectivity index (χ4v) is 2.60. The Bertz CT molecular complexity index is 511. The third-order valence-corrected chi connectivity index (χ3v) is 4.24. The Morgan fingerprint density at radius 2 is 2.10 bits per heavy atom. The maximum atomic E-state index is 12.3. The molecule has 5 heteroatoms. The quantitative estimate of drug-likeness (QED) is 0.867. The Morgan fingerprint density at radius 3 is 2.71 bits per heavy atom. The molecule has 0 unspecified atom stereocenters. The normalized spacial score (nSPS) is 17.8. The van der Waals surface area contributed by atoms with E-state index in [-0.39, 0.29) is 17.2 Å². The standard InChI is InChI=1S/C16H23ClN2O2/c1-11(2)13-8-12(9-14(17)19-13)15(20)18-10-16(3)4-6-21-7-5-16/h8-9,11H,4-7,10H2,1-3H3,(H,18,20). The zero-order chi connectivity index (χ0) is 15.5. The van der Waals surface area contributed by atoms with Crippen LogP contribution >= 0.6 is 11.6 Å². The van der Waals surface area contributed by atoms with Crippen LogP contribution in [0.15, 0.2) is 12.1 Å². The predicted octanol–water partition coefficient (Wildman–Crippen LogP) is 3.40. The SMILES string of the molecule is CC(C)c1cc(C(=O)NCC2(C)CCOCC2)cc(Cl)n1. The van der Waals surface area contributed by atoms with Gasteiger partial charge in [-0.3, -0.25) is 4.79 Å². The van der Waals surface area contributed by atoms with E-state index in [1.165, 1.54) is 0 Å². The third kappa shape index (κ3) is 4.42. The predicted molar refractivity (Wildman–Crippen MR) is 83.8 cm³/mol. The lowest BCUT2D eigenvalue weighted by Crippen LogP contribution is -2.39. The third-order valence-electron chi connectivity index (χ3n) is 4.04. The van der Waals surface area contributed by atoms with Gasteiger partial charge in [0.2, 0.25) is 0 Å². The summed E-state index contributed by atoms with van der Waals surface area (Å²) < 4.78 is 5.38. The van der Waals surface area contributed by atoms with Gasteiger partial charge in [0.15, 0.2) is 0 Å². The van der Waals surface area contributed by atoms with Crippen molar-refractivity contribution in [3.05, 3.63) is 28.5 Å². The molecule has 2 rings (SSSR count). The summed E-state index contributed by atoms with van der Waals surface area (Å²) in [5, 5.41) is 3.39. The van der Waals surface area contributed by atoms with E-state index in [0.29, 0.717) is 17.3 Å². The molecular formula is C16H23ClN2O2. The van der Waals surface area contributed by atoms with E-state index in [1.54, 1.807) is 6.07 Å². The Morgan fingerprint density at radius 1 is 1.43 bits per heavy atom. The zero-order valence-corrected chi connectivity index (χ0v) is 13.7. The van der Waals surface area contributed by atoms with E-state index in [2.05, 4.69) is 17.2 Å². The van der Waals surface area contributed by atoms with Gasteiger partial charge in [0.25, 0.3) is 5.91 Å². The molecule has 2 heterocycles. The molecular weight excluding hydrogens is 288 g/mol. The first-order chi connectivity index (χ1) is 9.89. The first-order valence-electron chi connectivity index (χ1n) is 7.43. The molecule has 116 valence electrons. The smallest absolute Gasteiger partial charge is 0.251 e. The molecule has 1 amide bonds. The minimum atomic E-state index is -0.0890. The van der Waals surface area contributed by atoms with Crippen molar-refractivity contribution >= 4 is 17.5 Å². The summed E-state index contributed by atoms with van der Waals surface area (Å²) in [6.07, 6.45) is 1.95. The molecule has 0 spiro atoms. The van der Waals surface area contributed by atoms with Gasteiger partial charge in [-0.2, -0.15) is 0 Å². The molecule has 4 nitrogen and oxygen atoms in total. The van der Waals surface area contributed by atoms with Gasteiger partial charge >= 0.3 is 0 Å². The molecule has 1 aromatic rings. The van der Waals surface area contributed by atoms with Gasteiger partial charge in [0.1, 0.15) is 5.15 Å². The van der Waals surface area contributed by atoms with Gasteiger partial charge < -0.3 is 10.1 Å². The lowest BCUT2D eigenvalue weighted by molar-refractivity contribution is 0.0238. The van der Waals surface area contributed by atoms with Crippen LogP contribution in [0.25, 0.3) is 0 Å². The number of hydrogen-bond donors (Lipinski definition) is 1. The van der Waals surface area contributed by atoms with Crippen LogP contribution in [0.3, 0.4) is 0 Å². The topological polar surface area (TPSA) is 51.2 Å². The van der Waals surface area contributed by atoms with Crippen LogP contribution in [-0.4, -0.2) is 30.6 Å². The molecule has 0 radical (unpaired) electrons. The fourth-order valence-electron chi connectivity index (χ4n) is 2.38. The Labute approximate surface area is 131 Å². The maximum absolute atomic E-state index is 12.3. The second-order valence-electron chi connectivity index (χ2n) is 6.36. The second kappa shape index (κ2) is 6.75. The minimum absolute atomic E-state index is 0.0890. The van der Waals surface area contributed by atoms with Gasteiger partial charge in [-0.15, -0.1) is 0 Å². The Kier molecular flexibility index (Phi) is 5.22. The molecule has 1 aliphatic rings. The van der Waals surface area contributed by atoms with Crippen molar-refractivity contribution in [2.75, 3.05) is 19.8 Å². The van der Waals surface area contributed by atoms with Crippen LogP contribution in [0.5, 0.6) is 0 Å². The molecule has 0 bridgehead atoms. The van der Waals surface area contributed by atoms with Gasteiger partial charge in [-0.05, 0) is 36.3 Å². The van der Waals surface area contributed by atoms with Gasteiger partial charge in [-0.1, -0.05) is 32.4 Å². The number of carbonyl (C=O) groups excluding carboxylic acids is 1. The monoisotopic (exact) mass is 310 g/mol. The summed E-state index contributed by atoms with van der Waals surface area (Å²) in [7, 11) is 0. The Balaban J connectivity index is 2.03. The largest absolute Gasteiger partial charge is 0.381 e. The average Bonchev–Trinajstić information content (AvgIpc) is 2.45. The summed E-state index contributed by atoms with van der Waals surface area (Å²) in [6, 6.07) is 3.44. The number of hydrogen-bond acceptors (Lipinski definition) is 3. The fraction of sp³-hybridized carbons (Fsp3) is 0.625. The van der Waals surface area contributed by atoms with Crippen molar-refractivity contribution in [1.82, 2.24) is 10.3 Å². The van der Waals surface area contributed by atoms with Crippen LogP contribution in [0.1, 0.15) is 55.6 Å². The van der Waals surface area contributed by atoms with E-state index in [1.807, 2.05) is 19.9 Å². The first kappa shape index (κ1) is 16.2. The van der Waals surface area contributed by atoms with Crippen molar-refractivity contribution in [2.45, 2.75) is 39.5 Å². The molecule has 1 aromatic heterocycles. The molecule has 0 aliphatic carbocycles. The van der Waals surface area contributed by atoms with Crippen LogP contribution in [0.4, 0.5) is 0 Å². The number of nitrogens with one attached hydrogen (secondary N) is 1. The van der Waals surface area contributed by atoms with Crippen molar-refractivity contribution in [3.8, 4) is 0 Å². The maximum Gasteiger partial charge on any atom is 0.251 e. The minimum Gasteiger partial charge on any atom is -0.381 e. The highest BCUT2D eigenvalue weighted by molar-refractivity contribution is 6.29. The number of halogens is 1. The van der Waals surface area contributed by atoms with Crippen LogP contribution < -0.4 is 5.32 Å². The lowest BCUT2D eigenvalue weighted by atomic mass is 9.82. The van der Waals surface area contributed by atoms with E-state index in [9.17, 15) is 4.79 Å². The zero-order valence-electron chi connectivity index (χ0n) is 12.9. The number of aromatic nitrogens is 1. The van der Waals surface area contributed by atoms with E-state index < -0.39 is 0 Å². The summed E-state index contributed by atoms with van der Waals surface area (Å²) in [6.45, 7) is 8.45. The van der Waals surface area contributed by atoms with Crippen LogP contribution in [0, 0.1) is 5.41 Å². The van der Waals surface area contributed by atoms with Crippen LogP contribution in [0.2, 0.25) is 5.15 Å². The van der Waals surface area contributed by atoms with E-state index >= 15 is 0 Å². The van der Waals surface area contributed by atoms with Gasteiger partial charge in [0, 0.05) is 31.0 Å². The van der Waals surface area contributed by atoms with Crippen LogP contribution in [-0.2, 0) is 4.74 Å². The molecule has 0 atom stereocenters. The van der Waals surface area contributed by atoms with Crippen molar-refractivity contribution < 1.29 is 9.53 Å². The molecule has 21 heavy (non-hydrogen) atoms. The van der Waals surface area contributed by atoms with E-state index in [0.717, 1.165) is 31.7 Å². The van der Waals surface area contributed by atoms with Crippen molar-refractivity contribution in [1.29, 1.82) is 0 Å². The number of carbonyl (C=O) groups is 1. The highest BCUT2D eigenvalue weighted by Crippen LogP contribution is 2.28. The number of nitrogens with zero attached hydrogens (tertiary/aromatic N) is 1. The summed E-state index contributed by atoms with van der Waals surface area (Å²) in [5.74, 6) is 0.150. The summed E-state index contributed by atoms with van der Waals surface area (Å²) in [5.41, 5.74) is 1.53. The molecule has 1 fully saturated rings. The molecule has 1 N–H and O–H groups in total. The van der Waals surface area contributed by atoms with E-state index in [4.69, 9.17) is 16.3 Å². The summed E-state index contributed by atoms with van der Waals surface area (Å²) >= 11 is 6.01. The number of amides is 1. The first-order valence-corrected chi connectivity index (χ1v) is 7.81. The summed E-state index contributed by atoms with van der Waals surface area (Å²) in [4.78, 5) is 16.6. The highest BCUT2D eigenvalue weighted by atomic mass is 35.5. The van der Waals surface area contributed by atoms with Crippen molar-refractivity contribution in [2.24, 2.45) is 5.41 Å². The molecule has 0 aromatic carbocycles. The van der Waals surface area contributed by atoms with Gasteiger partial charge in [-0.25, -0.2) is 4.98 Å². The Hall–Kier alpha value is -1.13. The molecule has 0 saturated carbocycles. The average molecular weight is 311 g/mol. The molecule has 1 saturated heterocycles. The lowest BCUT2D eigenvalue weighted by Gasteiger charge is -2.33. The van der Waals surface area contributed by atoms with Crippen molar-refractivity contribution in [3.63, 3.8) is 0 Å². The number of rotatable bonds is 4.